The Morgan fingerprint density at radius 1 is 1.19 bits per heavy atom. The molecule has 2 heterocycles. The van der Waals surface area contributed by atoms with Gasteiger partial charge in [-0.3, -0.25) is 14.4 Å². The lowest BCUT2D eigenvalue weighted by Gasteiger charge is -2.20. The van der Waals surface area contributed by atoms with E-state index >= 15 is 0 Å². The number of aromatic nitrogens is 2. The highest BCUT2D eigenvalue weighted by molar-refractivity contribution is 5.77. The average Bonchev–Trinajstić information content (AvgIpc) is 2.90. The van der Waals surface area contributed by atoms with E-state index in [0.29, 0.717) is 32.2 Å². The van der Waals surface area contributed by atoms with Crippen LogP contribution >= 0.6 is 0 Å². The van der Waals surface area contributed by atoms with Gasteiger partial charge in [-0.15, -0.1) is 0 Å². The summed E-state index contributed by atoms with van der Waals surface area (Å²) in [5.41, 5.74) is 1.76. The summed E-state index contributed by atoms with van der Waals surface area (Å²) in [4.78, 5) is 13.4. The van der Waals surface area contributed by atoms with Crippen molar-refractivity contribution in [2.45, 2.75) is 32.6 Å². The topological polar surface area (TPSA) is 59.4 Å². The van der Waals surface area contributed by atoms with Gasteiger partial charge in [-0.25, -0.2) is 13.2 Å². The van der Waals surface area contributed by atoms with Crippen LogP contribution in [-0.2, 0) is 35.7 Å². The molecule has 0 saturated carbocycles. The van der Waals surface area contributed by atoms with Gasteiger partial charge in [0.15, 0.2) is 11.6 Å². The molecule has 0 atom stereocenters. The molecule has 0 unspecified atom stereocenters. The number of amides is 1. The van der Waals surface area contributed by atoms with Crippen LogP contribution in [0.15, 0.2) is 18.2 Å². The number of carbonyl (C=O) groups excluding carboxylic acids is 1. The maximum atomic E-state index is 13.9. The van der Waals surface area contributed by atoms with Crippen LogP contribution in [0.5, 0.6) is 0 Å². The number of aryl methyl sites for hydroxylation is 1. The smallest absolute Gasteiger partial charge is 0.246 e. The van der Waals surface area contributed by atoms with Crippen LogP contribution in [0, 0.1) is 17.5 Å². The second-order valence-corrected chi connectivity index (χ2v) is 6.48. The minimum atomic E-state index is -1.19. The minimum Gasteiger partial charge on any atom is -0.375 e. The number of nitrogens with one attached hydrogen (secondary N) is 1. The number of nitrogens with zero attached hydrogens (tertiary/aromatic N) is 3. The number of carbonyl (C=O) groups is 1. The first-order valence-corrected chi connectivity index (χ1v) is 8.63. The van der Waals surface area contributed by atoms with Crippen LogP contribution in [0.1, 0.15) is 23.4 Å². The predicted molar refractivity (Wildman–Crippen MR) is 91.0 cm³/mol. The molecule has 1 aliphatic rings. The van der Waals surface area contributed by atoms with Gasteiger partial charge < -0.3 is 10.1 Å². The van der Waals surface area contributed by atoms with Gasteiger partial charge in [0.25, 0.3) is 0 Å². The molecule has 1 aromatic carbocycles. The molecular formula is C18H21F3N4O2. The van der Waals surface area contributed by atoms with Crippen LogP contribution in [0.4, 0.5) is 13.2 Å². The van der Waals surface area contributed by atoms with Gasteiger partial charge in [0.2, 0.25) is 5.91 Å². The van der Waals surface area contributed by atoms with E-state index in [-0.39, 0.29) is 24.6 Å². The zero-order valence-corrected chi connectivity index (χ0v) is 15.0. The molecule has 1 aliphatic heterocycles. The van der Waals surface area contributed by atoms with E-state index in [9.17, 15) is 18.0 Å². The Morgan fingerprint density at radius 3 is 2.74 bits per heavy atom. The molecule has 0 bridgehead atoms. The van der Waals surface area contributed by atoms with E-state index in [0.717, 1.165) is 23.9 Å². The van der Waals surface area contributed by atoms with Crippen molar-refractivity contribution in [3.8, 4) is 0 Å². The van der Waals surface area contributed by atoms with Crippen molar-refractivity contribution < 1.29 is 22.7 Å². The molecule has 1 aromatic heterocycles. The van der Waals surface area contributed by atoms with Crippen molar-refractivity contribution in [1.29, 1.82) is 0 Å². The SMILES string of the molecule is COCC(=O)NCc1cc2n(n1)CCCN(Cc1cc(F)c(F)cc1F)C2. The fourth-order valence-corrected chi connectivity index (χ4v) is 3.11. The summed E-state index contributed by atoms with van der Waals surface area (Å²) in [5.74, 6) is -3.23. The van der Waals surface area contributed by atoms with Crippen LogP contribution in [0.2, 0.25) is 0 Å². The number of benzene rings is 1. The van der Waals surface area contributed by atoms with Crippen LogP contribution < -0.4 is 5.32 Å². The summed E-state index contributed by atoms with van der Waals surface area (Å²) in [7, 11) is 1.45. The normalized spacial score (nSPS) is 14.7. The molecule has 1 amide bonds. The summed E-state index contributed by atoms with van der Waals surface area (Å²) in [6.45, 7) is 2.33. The Morgan fingerprint density at radius 2 is 1.96 bits per heavy atom. The van der Waals surface area contributed by atoms with Gasteiger partial charge in [0.05, 0.1) is 17.9 Å². The molecule has 1 N–H and O–H groups in total. The first kappa shape index (κ1) is 19.4. The lowest BCUT2D eigenvalue weighted by molar-refractivity contribution is -0.124. The highest BCUT2D eigenvalue weighted by Crippen LogP contribution is 2.19. The molecule has 9 heteroatoms. The van der Waals surface area contributed by atoms with Gasteiger partial charge in [0, 0.05) is 44.9 Å². The Bertz CT molecular complexity index is 825. The fourth-order valence-electron chi connectivity index (χ4n) is 3.11. The second-order valence-electron chi connectivity index (χ2n) is 6.48. The number of hydrogen-bond donors (Lipinski definition) is 1. The quantitative estimate of drug-likeness (QED) is 0.776. The lowest BCUT2D eigenvalue weighted by atomic mass is 10.1. The Hall–Kier alpha value is -2.39. The summed E-state index contributed by atoms with van der Waals surface area (Å²) in [6.07, 6.45) is 0.787. The van der Waals surface area contributed by atoms with E-state index in [1.807, 2.05) is 15.6 Å². The zero-order valence-electron chi connectivity index (χ0n) is 15.0. The number of fused-ring (bicyclic) bond motifs is 1. The van der Waals surface area contributed by atoms with Gasteiger partial charge in [0.1, 0.15) is 12.4 Å². The van der Waals surface area contributed by atoms with E-state index in [1.165, 1.54) is 7.11 Å². The Labute approximate surface area is 154 Å². The monoisotopic (exact) mass is 382 g/mol. The third-order valence-electron chi connectivity index (χ3n) is 4.37. The largest absolute Gasteiger partial charge is 0.375 e. The van der Waals surface area contributed by atoms with Crippen molar-refractivity contribution in [3.63, 3.8) is 0 Å². The number of ether oxygens (including phenoxy) is 1. The molecule has 146 valence electrons. The highest BCUT2D eigenvalue weighted by Gasteiger charge is 2.19. The van der Waals surface area contributed by atoms with E-state index in [4.69, 9.17) is 4.74 Å². The standard InChI is InChI=1S/C18H21F3N4O2/c1-27-11-18(26)22-8-13-6-14-10-24(3-2-4-25(14)23-13)9-12-5-16(20)17(21)7-15(12)19/h5-7H,2-4,8-11H2,1H3,(H,22,26). The molecule has 2 aromatic rings. The molecule has 6 nitrogen and oxygen atoms in total. The predicted octanol–water partition coefficient (Wildman–Crippen LogP) is 1.97. The Balaban J connectivity index is 1.67. The molecule has 0 saturated heterocycles. The number of hydrogen-bond acceptors (Lipinski definition) is 4. The molecule has 27 heavy (non-hydrogen) atoms. The second kappa shape index (κ2) is 8.53. The number of rotatable bonds is 6. The molecule has 0 radical (unpaired) electrons. The summed E-state index contributed by atoms with van der Waals surface area (Å²) in [5, 5.41) is 7.19. The third-order valence-corrected chi connectivity index (χ3v) is 4.37. The van der Waals surface area contributed by atoms with Gasteiger partial charge in [-0.2, -0.15) is 5.10 Å². The first-order chi connectivity index (χ1) is 13.0. The maximum absolute atomic E-state index is 13.9. The first-order valence-electron chi connectivity index (χ1n) is 8.63. The highest BCUT2D eigenvalue weighted by atomic mass is 19.2. The van der Waals surface area contributed by atoms with Crippen molar-refractivity contribution >= 4 is 5.91 Å². The summed E-state index contributed by atoms with van der Waals surface area (Å²) < 4.78 is 47.1. The number of methoxy groups -OCH3 is 1. The molecule has 0 fully saturated rings. The molecule has 0 aliphatic carbocycles. The van der Waals surface area contributed by atoms with Crippen LogP contribution in [-0.4, -0.2) is 40.8 Å². The zero-order chi connectivity index (χ0) is 19.4. The van der Waals surface area contributed by atoms with E-state index in [1.54, 1.807) is 0 Å². The van der Waals surface area contributed by atoms with Crippen molar-refractivity contribution in [3.05, 3.63) is 52.6 Å². The molecular weight excluding hydrogens is 361 g/mol. The average molecular weight is 382 g/mol. The van der Waals surface area contributed by atoms with E-state index in [2.05, 4.69) is 10.4 Å². The fraction of sp³-hybridized carbons (Fsp3) is 0.444. The van der Waals surface area contributed by atoms with Crippen LogP contribution in [0.25, 0.3) is 0 Å². The van der Waals surface area contributed by atoms with E-state index < -0.39 is 17.5 Å². The Kier molecular flexibility index (Phi) is 6.12. The van der Waals surface area contributed by atoms with Gasteiger partial charge in [-0.05, 0) is 18.6 Å². The lowest BCUT2D eigenvalue weighted by Crippen LogP contribution is -2.26. The molecule has 3 rings (SSSR count). The number of halogens is 3. The van der Waals surface area contributed by atoms with Crippen LogP contribution in [0.3, 0.4) is 0 Å². The molecule has 0 spiro atoms. The summed E-state index contributed by atoms with van der Waals surface area (Å²) in [6, 6.07) is 3.37. The van der Waals surface area contributed by atoms with Gasteiger partial charge >= 0.3 is 0 Å². The van der Waals surface area contributed by atoms with Crippen molar-refractivity contribution in [1.82, 2.24) is 20.0 Å². The van der Waals surface area contributed by atoms with Crippen molar-refractivity contribution in [2.24, 2.45) is 0 Å². The maximum Gasteiger partial charge on any atom is 0.246 e. The van der Waals surface area contributed by atoms with Crippen molar-refractivity contribution in [2.75, 3.05) is 20.3 Å². The summed E-state index contributed by atoms with van der Waals surface area (Å²) >= 11 is 0. The minimum absolute atomic E-state index is 0.0128. The third kappa shape index (κ3) is 4.86. The van der Waals surface area contributed by atoms with Gasteiger partial charge in [-0.1, -0.05) is 0 Å².